The number of rotatable bonds is 4. The van der Waals surface area contributed by atoms with Crippen molar-refractivity contribution in [2.24, 2.45) is 0 Å². The van der Waals surface area contributed by atoms with Gasteiger partial charge in [0, 0.05) is 30.4 Å². The number of sulfone groups is 1. The molecule has 0 aliphatic carbocycles. The van der Waals surface area contributed by atoms with Crippen molar-refractivity contribution in [3.63, 3.8) is 0 Å². The standard InChI is InChI=1S/C12H16ClNO2S/c1-17(15,16)9-8-14-7-6-12(14)10-2-4-11(13)5-3-10/h2-5,12H,6-9H2,1H3. The Morgan fingerprint density at radius 1 is 1.35 bits per heavy atom. The molecular weight excluding hydrogens is 258 g/mol. The van der Waals surface area contributed by atoms with Crippen molar-refractivity contribution in [3.8, 4) is 0 Å². The Morgan fingerprint density at radius 3 is 2.47 bits per heavy atom. The first-order chi connectivity index (χ1) is 7.96. The van der Waals surface area contributed by atoms with Gasteiger partial charge in [0.15, 0.2) is 0 Å². The quantitative estimate of drug-likeness (QED) is 0.843. The third kappa shape index (κ3) is 3.44. The van der Waals surface area contributed by atoms with Crippen molar-refractivity contribution in [3.05, 3.63) is 34.9 Å². The van der Waals surface area contributed by atoms with Crippen LogP contribution in [0.25, 0.3) is 0 Å². The molecule has 0 bridgehead atoms. The Balaban J connectivity index is 1.97. The van der Waals surface area contributed by atoms with Gasteiger partial charge in [-0.15, -0.1) is 0 Å². The average molecular weight is 274 g/mol. The molecule has 0 aromatic heterocycles. The number of halogens is 1. The zero-order chi connectivity index (χ0) is 12.5. The molecule has 0 radical (unpaired) electrons. The predicted molar refractivity (Wildman–Crippen MR) is 70.1 cm³/mol. The maximum absolute atomic E-state index is 11.1. The molecule has 1 aromatic rings. The van der Waals surface area contributed by atoms with E-state index in [1.807, 2.05) is 24.3 Å². The average Bonchev–Trinajstić information content (AvgIpc) is 2.18. The van der Waals surface area contributed by atoms with E-state index in [1.165, 1.54) is 11.8 Å². The second kappa shape index (κ2) is 4.96. The molecule has 5 heteroatoms. The van der Waals surface area contributed by atoms with Crippen LogP contribution in [0.15, 0.2) is 24.3 Å². The van der Waals surface area contributed by atoms with E-state index in [9.17, 15) is 8.42 Å². The largest absolute Gasteiger partial charge is 0.295 e. The highest BCUT2D eigenvalue weighted by molar-refractivity contribution is 7.90. The summed E-state index contributed by atoms with van der Waals surface area (Å²) in [6, 6.07) is 8.14. The zero-order valence-electron chi connectivity index (χ0n) is 9.77. The smallest absolute Gasteiger partial charge is 0.148 e. The molecule has 1 aromatic carbocycles. The van der Waals surface area contributed by atoms with E-state index in [0.29, 0.717) is 12.6 Å². The molecule has 0 amide bonds. The topological polar surface area (TPSA) is 37.4 Å². The van der Waals surface area contributed by atoms with Gasteiger partial charge in [0.25, 0.3) is 0 Å². The fourth-order valence-corrected chi connectivity index (χ4v) is 2.75. The van der Waals surface area contributed by atoms with Gasteiger partial charge >= 0.3 is 0 Å². The molecule has 1 atom stereocenters. The molecule has 2 rings (SSSR count). The fourth-order valence-electron chi connectivity index (χ4n) is 2.05. The number of likely N-dealkylation sites (tertiary alicyclic amines) is 1. The number of hydrogen-bond donors (Lipinski definition) is 0. The van der Waals surface area contributed by atoms with Crippen LogP contribution >= 0.6 is 11.6 Å². The van der Waals surface area contributed by atoms with Gasteiger partial charge in [0.2, 0.25) is 0 Å². The Kier molecular flexibility index (Phi) is 3.76. The highest BCUT2D eigenvalue weighted by atomic mass is 35.5. The lowest BCUT2D eigenvalue weighted by molar-refractivity contribution is 0.0993. The van der Waals surface area contributed by atoms with Crippen molar-refractivity contribution in [1.82, 2.24) is 4.90 Å². The third-order valence-electron chi connectivity index (χ3n) is 3.13. The van der Waals surface area contributed by atoms with Gasteiger partial charge in [-0.2, -0.15) is 0 Å². The van der Waals surface area contributed by atoms with Crippen LogP contribution in [0.2, 0.25) is 5.02 Å². The van der Waals surface area contributed by atoms with E-state index in [4.69, 9.17) is 11.6 Å². The summed E-state index contributed by atoms with van der Waals surface area (Å²) in [4.78, 5) is 2.20. The number of nitrogens with zero attached hydrogens (tertiary/aromatic N) is 1. The molecule has 1 saturated heterocycles. The maximum atomic E-state index is 11.1. The van der Waals surface area contributed by atoms with Crippen LogP contribution < -0.4 is 0 Å². The molecule has 17 heavy (non-hydrogen) atoms. The molecule has 94 valence electrons. The molecule has 1 unspecified atom stereocenters. The first-order valence-electron chi connectivity index (χ1n) is 5.63. The van der Waals surface area contributed by atoms with Gasteiger partial charge in [-0.1, -0.05) is 23.7 Å². The van der Waals surface area contributed by atoms with E-state index in [1.54, 1.807) is 0 Å². The van der Waals surface area contributed by atoms with Crippen molar-refractivity contribution >= 4 is 21.4 Å². The van der Waals surface area contributed by atoms with Gasteiger partial charge in [-0.3, -0.25) is 4.90 Å². The van der Waals surface area contributed by atoms with Crippen LogP contribution in [0, 0.1) is 0 Å². The van der Waals surface area contributed by atoms with Crippen LogP contribution in [0.5, 0.6) is 0 Å². The van der Waals surface area contributed by atoms with Crippen LogP contribution in [-0.2, 0) is 9.84 Å². The summed E-state index contributed by atoms with van der Waals surface area (Å²) in [5, 5.41) is 0.732. The Hall–Kier alpha value is -0.580. The minimum atomic E-state index is -2.87. The zero-order valence-corrected chi connectivity index (χ0v) is 11.3. The van der Waals surface area contributed by atoms with E-state index < -0.39 is 9.84 Å². The summed E-state index contributed by atoms with van der Waals surface area (Å²) in [5.41, 5.74) is 1.22. The number of hydrogen-bond acceptors (Lipinski definition) is 3. The second-order valence-electron chi connectivity index (χ2n) is 4.52. The maximum Gasteiger partial charge on any atom is 0.148 e. The number of benzene rings is 1. The molecule has 1 aliphatic heterocycles. The SMILES string of the molecule is CS(=O)(=O)CCN1CCC1c1ccc(Cl)cc1. The van der Waals surface area contributed by atoms with E-state index in [0.717, 1.165) is 18.0 Å². The highest BCUT2D eigenvalue weighted by Gasteiger charge is 2.29. The van der Waals surface area contributed by atoms with Crippen LogP contribution in [0.3, 0.4) is 0 Å². The van der Waals surface area contributed by atoms with Crippen LogP contribution in [-0.4, -0.2) is 38.4 Å². The lowest BCUT2D eigenvalue weighted by Crippen LogP contribution is -2.43. The van der Waals surface area contributed by atoms with Gasteiger partial charge < -0.3 is 0 Å². The van der Waals surface area contributed by atoms with E-state index >= 15 is 0 Å². The summed E-state index contributed by atoms with van der Waals surface area (Å²) in [6.45, 7) is 1.59. The first-order valence-corrected chi connectivity index (χ1v) is 8.07. The molecule has 1 heterocycles. The summed E-state index contributed by atoms with van der Waals surface area (Å²) >= 11 is 5.84. The normalized spacial score (nSPS) is 21.2. The first kappa shape index (κ1) is 12.9. The molecule has 0 saturated carbocycles. The van der Waals surface area contributed by atoms with Gasteiger partial charge in [-0.25, -0.2) is 8.42 Å². The van der Waals surface area contributed by atoms with E-state index in [-0.39, 0.29) is 5.75 Å². The van der Waals surface area contributed by atoms with Crippen molar-refractivity contribution in [1.29, 1.82) is 0 Å². The summed E-state index contributed by atoms with van der Waals surface area (Å²) in [6.07, 6.45) is 2.37. The Morgan fingerprint density at radius 2 is 2.00 bits per heavy atom. The molecule has 3 nitrogen and oxygen atoms in total. The van der Waals surface area contributed by atoms with Crippen molar-refractivity contribution in [2.45, 2.75) is 12.5 Å². The molecule has 0 N–H and O–H groups in total. The monoisotopic (exact) mass is 273 g/mol. The lowest BCUT2D eigenvalue weighted by atomic mass is 9.95. The minimum absolute atomic E-state index is 0.233. The lowest BCUT2D eigenvalue weighted by Gasteiger charge is -2.41. The summed E-state index contributed by atoms with van der Waals surface area (Å²) in [5.74, 6) is 0.233. The Bertz CT molecular complexity index is 484. The Labute approximate surface area is 107 Å². The predicted octanol–water partition coefficient (Wildman–Crippen LogP) is 2.13. The van der Waals surface area contributed by atoms with Crippen LogP contribution in [0.1, 0.15) is 18.0 Å². The fraction of sp³-hybridized carbons (Fsp3) is 0.500. The van der Waals surface area contributed by atoms with Crippen LogP contribution in [0.4, 0.5) is 0 Å². The summed E-state index contributed by atoms with van der Waals surface area (Å²) < 4.78 is 22.2. The minimum Gasteiger partial charge on any atom is -0.295 e. The van der Waals surface area contributed by atoms with Crippen molar-refractivity contribution < 1.29 is 8.42 Å². The molecule has 1 fully saturated rings. The third-order valence-corrected chi connectivity index (χ3v) is 4.31. The summed E-state index contributed by atoms with van der Waals surface area (Å²) in [7, 11) is -2.87. The second-order valence-corrected chi connectivity index (χ2v) is 7.22. The molecular formula is C12H16ClNO2S. The molecule has 1 aliphatic rings. The van der Waals surface area contributed by atoms with Gasteiger partial charge in [0.1, 0.15) is 9.84 Å². The van der Waals surface area contributed by atoms with Gasteiger partial charge in [0.05, 0.1) is 5.75 Å². The molecule has 0 spiro atoms. The van der Waals surface area contributed by atoms with Gasteiger partial charge in [-0.05, 0) is 24.1 Å². The highest BCUT2D eigenvalue weighted by Crippen LogP contribution is 2.33. The van der Waals surface area contributed by atoms with Crippen molar-refractivity contribution in [2.75, 3.05) is 25.1 Å². The van der Waals surface area contributed by atoms with E-state index in [2.05, 4.69) is 4.90 Å².